The van der Waals surface area contributed by atoms with Crippen LogP contribution in [0.5, 0.6) is 11.5 Å². The van der Waals surface area contributed by atoms with Gasteiger partial charge in [0.15, 0.2) is 18.1 Å². The number of allylic oxidation sites excluding steroid dienone is 2. The van der Waals surface area contributed by atoms with E-state index in [1.807, 2.05) is 39.8 Å². The number of ether oxygens (including phenoxy) is 4. The van der Waals surface area contributed by atoms with Crippen LogP contribution in [0.1, 0.15) is 48.9 Å². The van der Waals surface area contributed by atoms with E-state index in [9.17, 15) is 14.9 Å². The second-order valence-corrected chi connectivity index (χ2v) is 8.86. The molecular formula is C29H33N3O6. The maximum atomic E-state index is 12.8. The molecule has 1 heterocycles. The standard InChI is InChI=1S/C29H33N3O6/c1-7-35-23-13-20(26-21(14-30)28(31)38-19(6)25(26)29(34)36-8-2)9-10-22(23)37-15-24(33)32-27-17(4)11-16(3)12-18(27)5/h9-13,26H,7-8,15,31H2,1-6H3,(H,32,33). The fourth-order valence-corrected chi connectivity index (χ4v) is 4.48. The van der Waals surface area contributed by atoms with Crippen LogP contribution < -0.4 is 20.5 Å². The highest BCUT2D eigenvalue weighted by Crippen LogP contribution is 2.42. The first kappa shape index (κ1) is 28.1. The van der Waals surface area contributed by atoms with Gasteiger partial charge in [0.25, 0.3) is 5.91 Å². The minimum absolute atomic E-state index is 0.0815. The van der Waals surface area contributed by atoms with E-state index < -0.39 is 11.9 Å². The van der Waals surface area contributed by atoms with Crippen LogP contribution >= 0.6 is 0 Å². The largest absolute Gasteiger partial charge is 0.490 e. The highest BCUT2D eigenvalue weighted by molar-refractivity contribution is 5.94. The van der Waals surface area contributed by atoms with Gasteiger partial charge in [-0.1, -0.05) is 23.8 Å². The first-order valence-corrected chi connectivity index (χ1v) is 12.3. The van der Waals surface area contributed by atoms with Gasteiger partial charge in [-0.2, -0.15) is 5.26 Å². The summed E-state index contributed by atoms with van der Waals surface area (Å²) < 4.78 is 22.3. The van der Waals surface area contributed by atoms with E-state index in [0.29, 0.717) is 23.7 Å². The summed E-state index contributed by atoms with van der Waals surface area (Å²) in [5.74, 6) is -0.889. The molecule has 1 atom stereocenters. The molecule has 9 nitrogen and oxygen atoms in total. The molecule has 0 spiro atoms. The van der Waals surface area contributed by atoms with Crippen LogP contribution in [0, 0.1) is 32.1 Å². The average Bonchev–Trinajstić information content (AvgIpc) is 2.85. The third-order valence-corrected chi connectivity index (χ3v) is 6.00. The summed E-state index contributed by atoms with van der Waals surface area (Å²) >= 11 is 0. The minimum Gasteiger partial charge on any atom is -0.490 e. The summed E-state index contributed by atoms with van der Waals surface area (Å²) in [4.78, 5) is 25.5. The number of esters is 1. The zero-order chi connectivity index (χ0) is 28.0. The van der Waals surface area contributed by atoms with Gasteiger partial charge in [-0.25, -0.2) is 4.79 Å². The minimum atomic E-state index is -0.822. The van der Waals surface area contributed by atoms with Crippen molar-refractivity contribution in [3.63, 3.8) is 0 Å². The predicted octanol–water partition coefficient (Wildman–Crippen LogP) is 4.67. The van der Waals surface area contributed by atoms with Gasteiger partial charge in [-0.3, -0.25) is 4.79 Å². The molecule has 0 radical (unpaired) electrons. The molecule has 0 bridgehead atoms. The fraction of sp³-hybridized carbons (Fsp3) is 0.345. The Labute approximate surface area is 222 Å². The van der Waals surface area contributed by atoms with Crippen molar-refractivity contribution in [2.45, 2.75) is 47.5 Å². The summed E-state index contributed by atoms with van der Waals surface area (Å²) in [6.45, 7) is 11.2. The Bertz CT molecular complexity index is 1330. The van der Waals surface area contributed by atoms with Crippen LogP contribution in [0.15, 0.2) is 53.1 Å². The number of carbonyl (C=O) groups is 2. The number of nitrogens with two attached hydrogens (primary N) is 1. The molecule has 1 aliphatic heterocycles. The molecule has 0 fully saturated rings. The molecule has 2 aromatic carbocycles. The lowest BCUT2D eigenvalue weighted by atomic mass is 9.83. The van der Waals surface area contributed by atoms with Crippen LogP contribution in [-0.4, -0.2) is 31.7 Å². The van der Waals surface area contributed by atoms with Gasteiger partial charge in [0.05, 0.1) is 24.7 Å². The number of benzene rings is 2. The van der Waals surface area contributed by atoms with Gasteiger partial charge in [0, 0.05) is 5.69 Å². The van der Waals surface area contributed by atoms with Crippen molar-refractivity contribution < 1.29 is 28.5 Å². The Balaban J connectivity index is 1.90. The average molecular weight is 520 g/mol. The van der Waals surface area contributed by atoms with E-state index >= 15 is 0 Å². The Morgan fingerprint density at radius 1 is 1.03 bits per heavy atom. The van der Waals surface area contributed by atoms with Gasteiger partial charge in [0.2, 0.25) is 5.88 Å². The molecule has 1 unspecified atom stereocenters. The van der Waals surface area contributed by atoms with Crippen molar-refractivity contribution in [1.82, 2.24) is 0 Å². The van der Waals surface area contributed by atoms with Gasteiger partial charge < -0.3 is 30.0 Å². The van der Waals surface area contributed by atoms with E-state index in [1.165, 1.54) is 0 Å². The highest BCUT2D eigenvalue weighted by atomic mass is 16.5. The molecule has 3 N–H and O–H groups in total. The van der Waals surface area contributed by atoms with Gasteiger partial charge >= 0.3 is 5.97 Å². The summed E-state index contributed by atoms with van der Waals surface area (Å²) in [5, 5.41) is 12.7. The molecule has 9 heteroatoms. The van der Waals surface area contributed by atoms with Crippen molar-refractivity contribution >= 4 is 17.6 Å². The van der Waals surface area contributed by atoms with E-state index in [1.54, 1.807) is 32.0 Å². The van der Waals surface area contributed by atoms with Crippen LogP contribution in [0.4, 0.5) is 5.69 Å². The quantitative estimate of drug-likeness (QED) is 0.457. The van der Waals surface area contributed by atoms with Crippen LogP contribution in [0.3, 0.4) is 0 Å². The lowest BCUT2D eigenvalue weighted by Gasteiger charge is -2.27. The number of nitrogens with one attached hydrogen (secondary N) is 1. The number of amides is 1. The molecule has 0 aliphatic carbocycles. The number of nitrogens with zero attached hydrogens (tertiary/aromatic N) is 1. The summed E-state index contributed by atoms with van der Waals surface area (Å²) in [6, 6.07) is 11.1. The number of rotatable bonds is 9. The van der Waals surface area contributed by atoms with E-state index in [4.69, 9.17) is 24.7 Å². The lowest BCUT2D eigenvalue weighted by molar-refractivity contribution is -0.139. The lowest BCUT2D eigenvalue weighted by Crippen LogP contribution is -2.25. The predicted molar refractivity (Wildman–Crippen MR) is 142 cm³/mol. The Kier molecular flexibility index (Phi) is 9.02. The summed E-state index contributed by atoms with van der Waals surface area (Å²) in [7, 11) is 0. The highest BCUT2D eigenvalue weighted by Gasteiger charge is 2.36. The Hall–Kier alpha value is -4.45. The third kappa shape index (κ3) is 6.09. The van der Waals surface area contributed by atoms with Crippen molar-refractivity contribution in [2.24, 2.45) is 5.73 Å². The Morgan fingerprint density at radius 2 is 1.71 bits per heavy atom. The van der Waals surface area contributed by atoms with Crippen molar-refractivity contribution in [3.05, 3.63) is 75.4 Å². The second-order valence-electron chi connectivity index (χ2n) is 8.86. The molecule has 1 amide bonds. The molecule has 2 aromatic rings. The first-order valence-electron chi connectivity index (χ1n) is 12.3. The van der Waals surface area contributed by atoms with E-state index in [2.05, 4.69) is 11.4 Å². The maximum Gasteiger partial charge on any atom is 0.338 e. The topological polar surface area (TPSA) is 133 Å². The molecule has 0 saturated heterocycles. The zero-order valence-corrected chi connectivity index (χ0v) is 22.6. The van der Waals surface area contributed by atoms with Gasteiger partial charge in [-0.05, 0) is 70.4 Å². The zero-order valence-electron chi connectivity index (χ0n) is 22.6. The molecular weight excluding hydrogens is 486 g/mol. The second kappa shape index (κ2) is 12.2. The number of nitriles is 1. The molecule has 0 saturated carbocycles. The van der Waals surface area contributed by atoms with Gasteiger partial charge in [-0.15, -0.1) is 0 Å². The van der Waals surface area contributed by atoms with Crippen LogP contribution in [-0.2, 0) is 19.1 Å². The smallest absolute Gasteiger partial charge is 0.338 e. The van der Waals surface area contributed by atoms with Crippen LogP contribution in [0.25, 0.3) is 0 Å². The normalized spacial score (nSPS) is 14.9. The third-order valence-electron chi connectivity index (χ3n) is 6.00. The first-order chi connectivity index (χ1) is 18.1. The van der Waals surface area contributed by atoms with Crippen molar-refractivity contribution in [3.8, 4) is 17.6 Å². The number of hydrogen-bond acceptors (Lipinski definition) is 8. The number of aryl methyl sites for hydroxylation is 3. The van der Waals surface area contributed by atoms with Gasteiger partial charge in [0.1, 0.15) is 17.4 Å². The number of anilines is 1. The van der Waals surface area contributed by atoms with Crippen molar-refractivity contribution in [2.75, 3.05) is 25.1 Å². The maximum absolute atomic E-state index is 12.8. The van der Waals surface area contributed by atoms with Crippen molar-refractivity contribution in [1.29, 1.82) is 5.26 Å². The molecule has 1 aliphatic rings. The van der Waals surface area contributed by atoms with E-state index in [-0.39, 0.29) is 41.9 Å². The summed E-state index contributed by atoms with van der Waals surface area (Å²) in [6.07, 6.45) is 0. The molecule has 200 valence electrons. The number of hydrogen-bond donors (Lipinski definition) is 2. The monoisotopic (exact) mass is 519 g/mol. The Morgan fingerprint density at radius 3 is 2.32 bits per heavy atom. The van der Waals surface area contributed by atoms with Crippen LogP contribution in [0.2, 0.25) is 0 Å². The van der Waals surface area contributed by atoms with E-state index in [0.717, 1.165) is 22.4 Å². The SMILES string of the molecule is CCOC(=O)C1=C(C)OC(N)=C(C#N)C1c1ccc(OCC(=O)Nc2c(C)cc(C)cc2C)c(OCC)c1. The number of carbonyl (C=O) groups excluding carboxylic acids is 2. The molecule has 3 rings (SSSR count). The fourth-order valence-electron chi connectivity index (χ4n) is 4.48. The molecule has 0 aromatic heterocycles. The summed E-state index contributed by atoms with van der Waals surface area (Å²) in [5.41, 5.74) is 10.6. The molecule has 38 heavy (non-hydrogen) atoms.